The Labute approximate surface area is 195 Å². The van der Waals surface area contributed by atoms with Gasteiger partial charge in [-0.05, 0) is 60.6 Å². The number of benzene rings is 2. The van der Waals surface area contributed by atoms with Crippen LogP contribution in [0.5, 0.6) is 0 Å². The molecule has 2 heterocycles. The maximum absolute atomic E-state index is 12.9. The van der Waals surface area contributed by atoms with Gasteiger partial charge in [0.2, 0.25) is 0 Å². The zero-order chi connectivity index (χ0) is 23.5. The van der Waals surface area contributed by atoms with Crippen LogP contribution >= 0.6 is 0 Å². The zero-order valence-corrected chi connectivity index (χ0v) is 19.9. The maximum Gasteiger partial charge on any atom is 0.255 e. The monoisotopic (exact) mass is 443 g/mol. The number of rotatable bonds is 8. The number of anilines is 1. The Hall–Kier alpha value is -3.18. The summed E-state index contributed by atoms with van der Waals surface area (Å²) in [5.74, 6) is 0.544. The molecule has 172 valence electrons. The Morgan fingerprint density at radius 3 is 2.58 bits per heavy atom. The number of nitrogens with zero attached hydrogens (tertiary/aromatic N) is 2. The van der Waals surface area contributed by atoms with E-state index in [1.54, 1.807) is 13.1 Å². The van der Waals surface area contributed by atoms with Gasteiger partial charge in [-0.1, -0.05) is 44.2 Å². The predicted octanol–water partition coefficient (Wildman–Crippen LogP) is 5.02. The summed E-state index contributed by atoms with van der Waals surface area (Å²) in [7, 11) is 1.75. The van der Waals surface area contributed by atoms with Crippen LogP contribution < -0.4 is 10.9 Å². The third-order valence-corrected chi connectivity index (χ3v) is 6.55. The van der Waals surface area contributed by atoms with Gasteiger partial charge in [0, 0.05) is 48.7 Å². The third-order valence-electron chi connectivity index (χ3n) is 6.55. The quantitative estimate of drug-likeness (QED) is 0.481. The van der Waals surface area contributed by atoms with Crippen molar-refractivity contribution in [1.29, 1.82) is 0 Å². The largest absolute Gasteiger partial charge is 0.391 e. The highest BCUT2D eigenvalue weighted by atomic mass is 16.3. The molecule has 5 heteroatoms. The van der Waals surface area contributed by atoms with Gasteiger partial charge in [-0.2, -0.15) is 0 Å². The lowest BCUT2D eigenvalue weighted by atomic mass is 9.89. The molecule has 0 saturated heterocycles. The van der Waals surface area contributed by atoms with E-state index in [1.165, 1.54) is 5.56 Å². The van der Waals surface area contributed by atoms with Crippen LogP contribution in [0.25, 0.3) is 5.69 Å². The van der Waals surface area contributed by atoms with Gasteiger partial charge in [-0.3, -0.25) is 14.4 Å². The molecule has 1 aliphatic heterocycles. The zero-order valence-electron chi connectivity index (χ0n) is 19.9. The molecular weight excluding hydrogens is 410 g/mol. The average molecular weight is 444 g/mol. The van der Waals surface area contributed by atoms with Crippen molar-refractivity contribution in [2.45, 2.75) is 51.6 Å². The van der Waals surface area contributed by atoms with Gasteiger partial charge in [0.05, 0.1) is 11.8 Å². The highest BCUT2D eigenvalue weighted by Crippen LogP contribution is 2.41. The van der Waals surface area contributed by atoms with Crippen LogP contribution in [0.1, 0.15) is 66.5 Å². The minimum absolute atomic E-state index is 0.0160. The molecule has 2 N–H and O–H groups in total. The summed E-state index contributed by atoms with van der Waals surface area (Å²) in [6, 6.07) is 18.1. The van der Waals surface area contributed by atoms with Crippen molar-refractivity contribution in [2.24, 2.45) is 4.99 Å². The normalized spacial score (nSPS) is 15.6. The molecule has 0 radical (unpaired) electrons. The first-order valence-corrected chi connectivity index (χ1v) is 11.7. The standard InChI is InChI=1S/C28H33N3O2/c1-18(2)20-9-11-21(12-10-20)30-16-22(32)13-14-24-23-7-5-6-8-26(23)31-27(33)15-19(3)25(17-29-4)28(24)31/h5-12,15,17-18,22,24,30,32H,13-14,16H2,1-4H3. The van der Waals surface area contributed by atoms with Crippen LogP contribution in [0.15, 0.2) is 64.4 Å². The number of nitrogens with one attached hydrogen (secondary N) is 1. The fourth-order valence-electron chi connectivity index (χ4n) is 4.77. The summed E-state index contributed by atoms with van der Waals surface area (Å²) in [6.07, 6.45) is 2.73. The lowest BCUT2D eigenvalue weighted by molar-refractivity contribution is 0.173. The second-order valence-electron chi connectivity index (χ2n) is 9.19. The SMILES string of the molecule is CN=Cc1c(C)cc(=O)n2c1C(CCC(O)CNc1ccc(C(C)C)cc1)c1ccccc1-2. The topological polar surface area (TPSA) is 66.6 Å². The Kier molecular flexibility index (Phi) is 6.80. The number of aliphatic hydroxyl groups excluding tert-OH is 1. The molecule has 2 aromatic carbocycles. The number of fused-ring (bicyclic) bond motifs is 3. The van der Waals surface area contributed by atoms with Crippen LogP contribution in [0.3, 0.4) is 0 Å². The van der Waals surface area contributed by atoms with Gasteiger partial charge in [-0.25, -0.2) is 0 Å². The predicted molar refractivity (Wildman–Crippen MR) is 136 cm³/mol. The van der Waals surface area contributed by atoms with Crippen LogP contribution in [0.2, 0.25) is 0 Å². The summed E-state index contributed by atoms with van der Waals surface area (Å²) < 4.78 is 1.82. The first-order chi connectivity index (χ1) is 15.9. The second kappa shape index (κ2) is 9.75. The van der Waals surface area contributed by atoms with E-state index >= 15 is 0 Å². The molecule has 1 aliphatic rings. The number of aliphatic imine (C=N–C) groups is 1. The smallest absolute Gasteiger partial charge is 0.255 e. The number of para-hydroxylation sites is 1. The van der Waals surface area contributed by atoms with Gasteiger partial charge in [0.15, 0.2) is 0 Å². The molecular formula is C28H33N3O2. The summed E-state index contributed by atoms with van der Waals surface area (Å²) in [5, 5.41) is 14.1. The number of pyridine rings is 1. The molecule has 5 nitrogen and oxygen atoms in total. The van der Waals surface area contributed by atoms with Crippen molar-refractivity contribution in [3.05, 3.63) is 92.9 Å². The highest BCUT2D eigenvalue weighted by Gasteiger charge is 2.32. The number of aryl methyl sites for hydroxylation is 1. The van der Waals surface area contributed by atoms with E-state index in [4.69, 9.17) is 0 Å². The van der Waals surface area contributed by atoms with Crippen molar-refractivity contribution < 1.29 is 5.11 Å². The van der Waals surface area contributed by atoms with Crippen molar-refractivity contribution in [3.8, 4) is 5.69 Å². The molecule has 0 saturated carbocycles. The molecule has 0 aliphatic carbocycles. The Morgan fingerprint density at radius 2 is 1.88 bits per heavy atom. The van der Waals surface area contributed by atoms with Crippen molar-refractivity contribution in [2.75, 3.05) is 18.9 Å². The fourth-order valence-corrected chi connectivity index (χ4v) is 4.77. The molecule has 3 aromatic rings. The van der Waals surface area contributed by atoms with E-state index in [0.29, 0.717) is 18.9 Å². The van der Waals surface area contributed by atoms with Crippen LogP contribution in [0, 0.1) is 6.92 Å². The lowest BCUT2D eigenvalue weighted by Gasteiger charge is -2.19. The van der Waals surface area contributed by atoms with E-state index in [0.717, 1.165) is 40.2 Å². The first kappa shape index (κ1) is 23.0. The third kappa shape index (κ3) is 4.64. The molecule has 1 aromatic heterocycles. The van der Waals surface area contributed by atoms with Crippen molar-refractivity contribution >= 4 is 11.9 Å². The van der Waals surface area contributed by atoms with E-state index in [2.05, 4.69) is 54.5 Å². The molecule has 2 atom stereocenters. The lowest BCUT2D eigenvalue weighted by Crippen LogP contribution is -2.23. The van der Waals surface area contributed by atoms with Gasteiger partial charge in [0.1, 0.15) is 0 Å². The van der Waals surface area contributed by atoms with Crippen molar-refractivity contribution in [1.82, 2.24) is 4.57 Å². The van der Waals surface area contributed by atoms with Gasteiger partial charge < -0.3 is 10.4 Å². The van der Waals surface area contributed by atoms with Crippen LogP contribution in [0.4, 0.5) is 5.69 Å². The first-order valence-electron chi connectivity index (χ1n) is 11.7. The summed E-state index contributed by atoms with van der Waals surface area (Å²) in [6.45, 7) is 6.81. The van der Waals surface area contributed by atoms with Gasteiger partial charge in [-0.15, -0.1) is 0 Å². The van der Waals surface area contributed by atoms with E-state index in [9.17, 15) is 9.90 Å². The van der Waals surface area contributed by atoms with E-state index < -0.39 is 6.10 Å². The Morgan fingerprint density at radius 1 is 1.15 bits per heavy atom. The maximum atomic E-state index is 12.9. The minimum atomic E-state index is -0.490. The number of aliphatic hydroxyl groups is 1. The van der Waals surface area contributed by atoms with Crippen molar-refractivity contribution in [3.63, 3.8) is 0 Å². The summed E-state index contributed by atoms with van der Waals surface area (Å²) >= 11 is 0. The number of hydrogen-bond donors (Lipinski definition) is 2. The molecule has 0 spiro atoms. The van der Waals surface area contributed by atoms with Gasteiger partial charge >= 0.3 is 0 Å². The fraction of sp³-hybridized carbons (Fsp3) is 0.357. The number of hydrogen-bond acceptors (Lipinski definition) is 4. The minimum Gasteiger partial charge on any atom is -0.391 e. The molecule has 2 unspecified atom stereocenters. The Balaban J connectivity index is 1.52. The molecule has 0 fully saturated rings. The summed E-state index contributed by atoms with van der Waals surface area (Å²) in [5.41, 5.74) is 7.28. The molecule has 0 bridgehead atoms. The van der Waals surface area contributed by atoms with Gasteiger partial charge in [0.25, 0.3) is 5.56 Å². The number of aromatic nitrogens is 1. The van der Waals surface area contributed by atoms with Crippen LogP contribution in [-0.4, -0.2) is 35.6 Å². The van der Waals surface area contributed by atoms with E-state index in [-0.39, 0.29) is 11.5 Å². The second-order valence-corrected chi connectivity index (χ2v) is 9.19. The molecule has 33 heavy (non-hydrogen) atoms. The van der Waals surface area contributed by atoms with E-state index in [1.807, 2.05) is 35.9 Å². The highest BCUT2D eigenvalue weighted by molar-refractivity contribution is 5.85. The molecule has 4 rings (SSSR count). The Bertz CT molecular complexity index is 1210. The van der Waals surface area contributed by atoms with Crippen LogP contribution in [-0.2, 0) is 0 Å². The molecule has 0 amide bonds. The average Bonchev–Trinajstić information content (AvgIpc) is 3.14. The summed E-state index contributed by atoms with van der Waals surface area (Å²) in [4.78, 5) is 17.2.